The van der Waals surface area contributed by atoms with Crippen molar-refractivity contribution in [2.75, 3.05) is 13.6 Å². The van der Waals surface area contributed by atoms with Gasteiger partial charge in [-0.15, -0.1) is 0 Å². The van der Waals surface area contributed by atoms with E-state index in [9.17, 15) is 0 Å². The molecule has 0 radical (unpaired) electrons. The fraction of sp³-hybridized carbons (Fsp3) is 0.647. The van der Waals surface area contributed by atoms with Crippen LogP contribution in [0.5, 0.6) is 0 Å². The molecule has 0 spiro atoms. The Morgan fingerprint density at radius 1 is 1.26 bits per heavy atom. The summed E-state index contributed by atoms with van der Waals surface area (Å²) in [5.41, 5.74) is 8.83. The van der Waals surface area contributed by atoms with E-state index in [1.807, 2.05) is 0 Å². The van der Waals surface area contributed by atoms with E-state index in [0.717, 1.165) is 5.92 Å². The first-order valence-electron chi connectivity index (χ1n) is 7.62. The summed E-state index contributed by atoms with van der Waals surface area (Å²) in [6.07, 6.45) is 5.44. The van der Waals surface area contributed by atoms with Gasteiger partial charge in [-0.05, 0) is 43.9 Å². The Hall–Kier alpha value is -0.860. The molecule has 3 atom stereocenters. The van der Waals surface area contributed by atoms with Crippen LogP contribution in [0.25, 0.3) is 0 Å². The fourth-order valence-electron chi connectivity index (χ4n) is 3.61. The zero-order valence-corrected chi connectivity index (χ0v) is 12.6. The Morgan fingerprint density at radius 2 is 1.95 bits per heavy atom. The predicted molar refractivity (Wildman–Crippen MR) is 82.2 cm³/mol. The third kappa shape index (κ3) is 3.18. The third-order valence-corrected chi connectivity index (χ3v) is 4.85. The molecule has 106 valence electrons. The molecular formula is C17H28N2. The number of aryl methyl sites for hydroxylation is 1. The second-order valence-electron chi connectivity index (χ2n) is 6.10. The molecule has 0 heterocycles. The second kappa shape index (κ2) is 6.53. The van der Waals surface area contributed by atoms with E-state index in [2.05, 4.69) is 50.1 Å². The summed E-state index contributed by atoms with van der Waals surface area (Å²) >= 11 is 0. The van der Waals surface area contributed by atoms with Crippen LogP contribution in [0.3, 0.4) is 0 Å². The van der Waals surface area contributed by atoms with Crippen molar-refractivity contribution in [3.63, 3.8) is 0 Å². The molecule has 1 aliphatic rings. The summed E-state index contributed by atoms with van der Waals surface area (Å²) < 4.78 is 0. The maximum absolute atomic E-state index is 6.09. The normalized spacial score (nSPS) is 25.5. The van der Waals surface area contributed by atoms with Crippen LogP contribution in [0.1, 0.15) is 49.8 Å². The van der Waals surface area contributed by atoms with E-state index < -0.39 is 0 Å². The van der Waals surface area contributed by atoms with E-state index in [4.69, 9.17) is 5.73 Å². The number of hydrogen-bond donors (Lipinski definition) is 1. The summed E-state index contributed by atoms with van der Waals surface area (Å²) in [7, 11) is 2.26. The summed E-state index contributed by atoms with van der Waals surface area (Å²) in [6, 6.07) is 9.69. The lowest BCUT2D eigenvalue weighted by molar-refractivity contribution is 0.0989. The maximum atomic E-state index is 6.09. The highest BCUT2D eigenvalue weighted by atomic mass is 15.2. The highest BCUT2D eigenvalue weighted by Gasteiger charge is 2.29. The maximum Gasteiger partial charge on any atom is 0.0473 e. The van der Waals surface area contributed by atoms with Crippen molar-refractivity contribution in [2.24, 2.45) is 11.7 Å². The van der Waals surface area contributed by atoms with E-state index in [1.54, 1.807) is 0 Å². The van der Waals surface area contributed by atoms with Gasteiger partial charge in [0, 0.05) is 18.6 Å². The van der Waals surface area contributed by atoms with Gasteiger partial charge in [0.2, 0.25) is 0 Å². The molecule has 1 aliphatic carbocycles. The van der Waals surface area contributed by atoms with Crippen molar-refractivity contribution < 1.29 is 0 Å². The van der Waals surface area contributed by atoms with Crippen LogP contribution in [0.15, 0.2) is 24.3 Å². The average molecular weight is 260 g/mol. The highest BCUT2D eigenvalue weighted by molar-refractivity contribution is 5.29. The minimum absolute atomic E-state index is 0.353. The van der Waals surface area contributed by atoms with Crippen LogP contribution in [-0.4, -0.2) is 24.5 Å². The van der Waals surface area contributed by atoms with Gasteiger partial charge in [0.15, 0.2) is 0 Å². The van der Waals surface area contributed by atoms with Crippen molar-refractivity contribution in [3.05, 3.63) is 35.4 Å². The van der Waals surface area contributed by atoms with Gasteiger partial charge in [-0.2, -0.15) is 0 Å². The minimum Gasteiger partial charge on any atom is -0.329 e. The van der Waals surface area contributed by atoms with Crippen molar-refractivity contribution in [1.82, 2.24) is 4.90 Å². The third-order valence-electron chi connectivity index (χ3n) is 4.85. The summed E-state index contributed by atoms with van der Waals surface area (Å²) in [6.45, 7) is 5.28. The molecular weight excluding hydrogens is 232 g/mol. The second-order valence-corrected chi connectivity index (χ2v) is 6.10. The largest absolute Gasteiger partial charge is 0.329 e. The molecule has 0 aliphatic heterocycles. The molecule has 1 aromatic carbocycles. The molecule has 3 unspecified atom stereocenters. The standard InChI is InChI=1S/C17H28N2/c1-13-8-4-6-10-15(13)17(12-18)19(3)16-11-7-5-9-14(16)2/h4,6,8,10,14,16-17H,5,7,9,11-12,18H2,1-3H3. The Balaban J connectivity index is 2.19. The fourth-order valence-corrected chi connectivity index (χ4v) is 3.61. The minimum atomic E-state index is 0.353. The predicted octanol–water partition coefficient (Wildman–Crippen LogP) is 3.51. The molecule has 2 heteroatoms. The topological polar surface area (TPSA) is 29.3 Å². The van der Waals surface area contributed by atoms with Crippen LogP contribution in [-0.2, 0) is 0 Å². The monoisotopic (exact) mass is 260 g/mol. The van der Waals surface area contributed by atoms with Gasteiger partial charge in [-0.1, -0.05) is 44.0 Å². The van der Waals surface area contributed by atoms with Gasteiger partial charge in [0.1, 0.15) is 0 Å². The Labute approximate surface area is 118 Å². The van der Waals surface area contributed by atoms with Crippen LogP contribution in [0.2, 0.25) is 0 Å². The molecule has 2 rings (SSSR count). The quantitative estimate of drug-likeness (QED) is 0.897. The van der Waals surface area contributed by atoms with Crippen molar-refractivity contribution in [1.29, 1.82) is 0 Å². The lowest BCUT2D eigenvalue weighted by Gasteiger charge is -2.41. The summed E-state index contributed by atoms with van der Waals surface area (Å²) in [4.78, 5) is 2.53. The van der Waals surface area contributed by atoms with Gasteiger partial charge < -0.3 is 5.73 Å². The van der Waals surface area contributed by atoms with Gasteiger partial charge in [-0.3, -0.25) is 4.90 Å². The van der Waals surface area contributed by atoms with Crippen molar-refractivity contribution >= 4 is 0 Å². The van der Waals surface area contributed by atoms with Crippen molar-refractivity contribution in [2.45, 2.75) is 51.6 Å². The number of benzene rings is 1. The van der Waals surface area contributed by atoms with Gasteiger partial charge >= 0.3 is 0 Å². The van der Waals surface area contributed by atoms with Crippen LogP contribution >= 0.6 is 0 Å². The lowest BCUT2D eigenvalue weighted by Crippen LogP contribution is -2.43. The van der Waals surface area contributed by atoms with Crippen LogP contribution in [0, 0.1) is 12.8 Å². The molecule has 0 amide bonds. The van der Waals surface area contributed by atoms with Crippen LogP contribution in [0.4, 0.5) is 0 Å². The van der Waals surface area contributed by atoms with E-state index in [1.165, 1.54) is 36.8 Å². The average Bonchev–Trinajstić information content (AvgIpc) is 2.42. The van der Waals surface area contributed by atoms with E-state index in [0.29, 0.717) is 18.6 Å². The first kappa shape index (κ1) is 14.5. The SMILES string of the molecule is Cc1ccccc1C(CN)N(C)C1CCCCC1C. The highest BCUT2D eigenvalue weighted by Crippen LogP contribution is 2.32. The van der Waals surface area contributed by atoms with Crippen LogP contribution < -0.4 is 5.73 Å². The molecule has 1 aromatic rings. The summed E-state index contributed by atoms with van der Waals surface area (Å²) in [5.74, 6) is 0.789. The smallest absolute Gasteiger partial charge is 0.0473 e. The van der Waals surface area contributed by atoms with Crippen molar-refractivity contribution in [3.8, 4) is 0 Å². The number of rotatable bonds is 4. The van der Waals surface area contributed by atoms with Gasteiger partial charge in [0.25, 0.3) is 0 Å². The molecule has 0 bridgehead atoms. The first-order chi connectivity index (χ1) is 9.15. The Bertz CT molecular complexity index is 402. The Kier molecular flexibility index (Phi) is 5.00. The van der Waals surface area contributed by atoms with E-state index >= 15 is 0 Å². The molecule has 0 saturated heterocycles. The zero-order chi connectivity index (χ0) is 13.8. The molecule has 0 aromatic heterocycles. The Morgan fingerprint density at radius 3 is 2.58 bits per heavy atom. The molecule has 1 fully saturated rings. The molecule has 19 heavy (non-hydrogen) atoms. The number of likely N-dealkylation sites (N-methyl/N-ethyl adjacent to an activating group) is 1. The molecule has 2 N–H and O–H groups in total. The zero-order valence-electron chi connectivity index (χ0n) is 12.6. The first-order valence-corrected chi connectivity index (χ1v) is 7.62. The molecule has 1 saturated carbocycles. The molecule has 2 nitrogen and oxygen atoms in total. The summed E-state index contributed by atoms with van der Waals surface area (Å²) in [5, 5.41) is 0. The number of hydrogen-bond acceptors (Lipinski definition) is 2. The number of nitrogens with zero attached hydrogens (tertiary/aromatic N) is 1. The lowest BCUT2D eigenvalue weighted by atomic mass is 9.84. The van der Waals surface area contributed by atoms with Gasteiger partial charge in [0.05, 0.1) is 0 Å². The van der Waals surface area contributed by atoms with Gasteiger partial charge in [-0.25, -0.2) is 0 Å². The number of nitrogens with two attached hydrogens (primary N) is 1. The van der Waals surface area contributed by atoms with E-state index in [-0.39, 0.29) is 0 Å².